The van der Waals surface area contributed by atoms with Crippen LogP contribution < -0.4 is 5.32 Å². The van der Waals surface area contributed by atoms with Crippen molar-refractivity contribution < 1.29 is 0 Å². The zero-order valence-corrected chi connectivity index (χ0v) is 11.2. The van der Waals surface area contributed by atoms with E-state index in [1.165, 1.54) is 30.5 Å². The molecule has 17 heavy (non-hydrogen) atoms. The normalized spacial score (nSPS) is 21.3. The first kappa shape index (κ1) is 12.6. The van der Waals surface area contributed by atoms with Gasteiger partial charge in [0.2, 0.25) is 0 Å². The van der Waals surface area contributed by atoms with Crippen LogP contribution in [0.15, 0.2) is 18.3 Å². The predicted molar refractivity (Wildman–Crippen MR) is 72.2 cm³/mol. The molecule has 0 fully saturated rings. The van der Waals surface area contributed by atoms with E-state index in [0.29, 0.717) is 17.9 Å². The van der Waals surface area contributed by atoms with Crippen LogP contribution in [0.4, 0.5) is 0 Å². The van der Waals surface area contributed by atoms with Crippen molar-refractivity contribution in [1.82, 2.24) is 10.3 Å². The van der Waals surface area contributed by atoms with E-state index in [4.69, 9.17) is 0 Å². The maximum absolute atomic E-state index is 4.65. The van der Waals surface area contributed by atoms with Crippen LogP contribution in [0.3, 0.4) is 0 Å². The first-order valence-electron chi connectivity index (χ1n) is 6.91. The number of aryl methyl sites for hydroxylation is 1. The highest BCUT2D eigenvalue weighted by Gasteiger charge is 2.30. The minimum absolute atomic E-state index is 0.564. The molecule has 1 aromatic rings. The number of nitrogens with zero attached hydrogens (tertiary/aromatic N) is 1. The fourth-order valence-corrected chi connectivity index (χ4v) is 3.07. The van der Waals surface area contributed by atoms with Gasteiger partial charge < -0.3 is 5.32 Å². The number of rotatable bonds is 4. The molecule has 2 unspecified atom stereocenters. The highest BCUT2D eigenvalue weighted by Crippen LogP contribution is 2.34. The molecule has 0 radical (unpaired) electrons. The molecule has 0 amide bonds. The van der Waals surface area contributed by atoms with Gasteiger partial charge in [-0.05, 0) is 43.4 Å². The van der Waals surface area contributed by atoms with Gasteiger partial charge in [0.25, 0.3) is 0 Å². The minimum Gasteiger partial charge on any atom is -0.313 e. The van der Waals surface area contributed by atoms with Crippen molar-refractivity contribution in [3.63, 3.8) is 0 Å². The molecule has 1 aliphatic rings. The number of likely N-dealkylation sites (N-methyl/N-ethyl adjacent to an activating group) is 1. The molecule has 2 heteroatoms. The number of hydrogen-bond acceptors (Lipinski definition) is 2. The van der Waals surface area contributed by atoms with Crippen LogP contribution >= 0.6 is 0 Å². The average molecular weight is 232 g/mol. The lowest BCUT2D eigenvalue weighted by Crippen LogP contribution is -2.40. The molecule has 0 saturated carbocycles. The van der Waals surface area contributed by atoms with Crippen molar-refractivity contribution in [3.8, 4) is 0 Å². The monoisotopic (exact) mass is 232 g/mol. The molecule has 1 N–H and O–H groups in total. The first-order chi connectivity index (χ1) is 8.24. The van der Waals surface area contributed by atoms with Crippen molar-refractivity contribution in [2.45, 2.75) is 52.0 Å². The topological polar surface area (TPSA) is 24.9 Å². The minimum atomic E-state index is 0.564. The Kier molecular flexibility index (Phi) is 4.16. The van der Waals surface area contributed by atoms with Gasteiger partial charge in [-0.15, -0.1) is 0 Å². The third-order valence-corrected chi connectivity index (χ3v) is 3.83. The van der Waals surface area contributed by atoms with Gasteiger partial charge in [-0.1, -0.05) is 26.8 Å². The molecule has 1 aliphatic carbocycles. The Morgan fingerprint density at radius 3 is 3.00 bits per heavy atom. The highest BCUT2D eigenvalue weighted by molar-refractivity contribution is 5.27. The second kappa shape index (κ2) is 5.63. The van der Waals surface area contributed by atoms with E-state index in [2.05, 4.69) is 43.2 Å². The van der Waals surface area contributed by atoms with E-state index < -0.39 is 0 Å². The Morgan fingerprint density at radius 1 is 1.47 bits per heavy atom. The van der Waals surface area contributed by atoms with Crippen LogP contribution in [0, 0.1) is 5.92 Å². The lowest BCUT2D eigenvalue weighted by molar-refractivity contribution is 0.317. The summed E-state index contributed by atoms with van der Waals surface area (Å²) >= 11 is 0. The molecular weight excluding hydrogens is 208 g/mol. The number of nitrogens with one attached hydrogen (secondary N) is 1. The highest BCUT2D eigenvalue weighted by atomic mass is 14.9. The van der Waals surface area contributed by atoms with Crippen molar-refractivity contribution in [3.05, 3.63) is 29.6 Å². The summed E-state index contributed by atoms with van der Waals surface area (Å²) in [5, 5.41) is 3.65. The first-order valence-corrected chi connectivity index (χ1v) is 6.91. The van der Waals surface area contributed by atoms with Gasteiger partial charge in [-0.2, -0.15) is 0 Å². The molecule has 2 nitrogen and oxygen atoms in total. The van der Waals surface area contributed by atoms with Crippen LogP contribution in [0.1, 0.15) is 50.8 Å². The third-order valence-electron chi connectivity index (χ3n) is 3.83. The zero-order chi connectivity index (χ0) is 12.3. The molecule has 94 valence electrons. The van der Waals surface area contributed by atoms with E-state index in [-0.39, 0.29) is 0 Å². The van der Waals surface area contributed by atoms with Gasteiger partial charge in [0.1, 0.15) is 0 Å². The Balaban J connectivity index is 2.27. The molecule has 0 saturated heterocycles. The van der Waals surface area contributed by atoms with Gasteiger partial charge in [-0.3, -0.25) is 4.98 Å². The van der Waals surface area contributed by atoms with Gasteiger partial charge in [0.15, 0.2) is 0 Å². The van der Waals surface area contributed by atoms with Crippen LogP contribution in [0.25, 0.3) is 0 Å². The molecule has 0 aliphatic heterocycles. The summed E-state index contributed by atoms with van der Waals surface area (Å²) in [6.07, 6.45) is 5.73. The largest absolute Gasteiger partial charge is 0.313 e. The van der Waals surface area contributed by atoms with E-state index in [1.807, 2.05) is 6.20 Å². The molecule has 2 atom stereocenters. The summed E-state index contributed by atoms with van der Waals surface area (Å²) < 4.78 is 0. The van der Waals surface area contributed by atoms with Crippen LogP contribution in [-0.4, -0.2) is 17.6 Å². The third kappa shape index (κ3) is 2.68. The molecule has 1 heterocycles. The summed E-state index contributed by atoms with van der Waals surface area (Å²) in [4.78, 5) is 4.65. The molecule has 2 rings (SSSR count). The number of aromatic nitrogens is 1. The van der Waals surface area contributed by atoms with Gasteiger partial charge in [0, 0.05) is 23.9 Å². The fourth-order valence-electron chi connectivity index (χ4n) is 3.07. The number of fused-ring (bicyclic) bond motifs is 1. The lowest BCUT2D eigenvalue weighted by atomic mass is 9.78. The van der Waals surface area contributed by atoms with Crippen molar-refractivity contribution in [2.75, 3.05) is 6.54 Å². The standard InChI is InChI=1S/C15H24N2/c1-4-16-14(11(2)3)13-9-5-7-12-8-6-10-17-15(12)13/h6,8,10-11,13-14,16H,4-5,7,9H2,1-3H3. The SMILES string of the molecule is CCNC(C(C)C)C1CCCc2cccnc21. The van der Waals surface area contributed by atoms with E-state index in [0.717, 1.165) is 6.54 Å². The summed E-state index contributed by atoms with van der Waals surface area (Å²) in [7, 11) is 0. The maximum atomic E-state index is 4.65. The zero-order valence-electron chi connectivity index (χ0n) is 11.2. The quantitative estimate of drug-likeness (QED) is 0.862. The van der Waals surface area contributed by atoms with E-state index in [9.17, 15) is 0 Å². The maximum Gasteiger partial charge on any atom is 0.0482 e. The Hall–Kier alpha value is -0.890. The summed E-state index contributed by atoms with van der Waals surface area (Å²) in [5.74, 6) is 1.26. The van der Waals surface area contributed by atoms with Gasteiger partial charge >= 0.3 is 0 Å². The van der Waals surface area contributed by atoms with Crippen molar-refractivity contribution >= 4 is 0 Å². The van der Waals surface area contributed by atoms with Gasteiger partial charge in [-0.25, -0.2) is 0 Å². The van der Waals surface area contributed by atoms with E-state index in [1.54, 1.807) is 0 Å². The molecule has 0 bridgehead atoms. The summed E-state index contributed by atoms with van der Waals surface area (Å²) in [6.45, 7) is 7.86. The van der Waals surface area contributed by atoms with E-state index >= 15 is 0 Å². The second-order valence-corrected chi connectivity index (χ2v) is 5.37. The fraction of sp³-hybridized carbons (Fsp3) is 0.667. The molecular formula is C15H24N2. The van der Waals surface area contributed by atoms with Crippen LogP contribution in [-0.2, 0) is 6.42 Å². The summed E-state index contributed by atoms with van der Waals surface area (Å²) in [5.41, 5.74) is 2.81. The Morgan fingerprint density at radius 2 is 2.29 bits per heavy atom. The van der Waals surface area contributed by atoms with Gasteiger partial charge in [0.05, 0.1) is 0 Å². The summed E-state index contributed by atoms with van der Waals surface area (Å²) in [6, 6.07) is 4.88. The average Bonchev–Trinajstić information content (AvgIpc) is 2.35. The number of pyridine rings is 1. The van der Waals surface area contributed by atoms with Crippen molar-refractivity contribution in [2.24, 2.45) is 5.92 Å². The Bertz CT molecular complexity index is 360. The second-order valence-electron chi connectivity index (χ2n) is 5.37. The molecule has 1 aromatic heterocycles. The molecule has 0 spiro atoms. The van der Waals surface area contributed by atoms with Crippen LogP contribution in [0.2, 0.25) is 0 Å². The smallest absolute Gasteiger partial charge is 0.0482 e. The lowest BCUT2D eigenvalue weighted by Gasteiger charge is -2.34. The van der Waals surface area contributed by atoms with Crippen molar-refractivity contribution in [1.29, 1.82) is 0 Å². The number of hydrogen-bond donors (Lipinski definition) is 1. The van der Waals surface area contributed by atoms with Crippen LogP contribution in [0.5, 0.6) is 0 Å². The molecule has 0 aromatic carbocycles. The predicted octanol–water partition coefficient (Wildman–Crippen LogP) is 3.14. The Labute approximate surface area is 105 Å².